The molecule has 0 aliphatic heterocycles. The highest BCUT2D eigenvalue weighted by atomic mass is 79.9. The third-order valence-corrected chi connectivity index (χ3v) is 3.48. The molecule has 2 nitrogen and oxygen atoms in total. The molecule has 0 spiro atoms. The summed E-state index contributed by atoms with van der Waals surface area (Å²) in [5.74, 6) is 1.34. The summed E-state index contributed by atoms with van der Waals surface area (Å²) in [5, 5.41) is 0. The molecule has 0 N–H and O–H groups in total. The molecule has 0 bridgehead atoms. The molecule has 19 heavy (non-hydrogen) atoms. The standard InChI is InChI=1S/C16H24BrNO/c1-12(2)9-18(10-13(3)4)11-16(19)14-7-5-6-8-15(14)17/h5-8,12-13H,9-11H2,1-4H3. The molecule has 0 aliphatic rings. The number of ketones is 1. The molecule has 1 aromatic rings. The molecule has 1 aromatic carbocycles. The van der Waals surface area contributed by atoms with Crippen LogP contribution < -0.4 is 0 Å². The molecule has 0 radical (unpaired) electrons. The number of hydrogen-bond donors (Lipinski definition) is 0. The molecule has 0 aliphatic carbocycles. The maximum atomic E-state index is 12.4. The van der Waals surface area contributed by atoms with E-state index in [-0.39, 0.29) is 5.78 Å². The van der Waals surface area contributed by atoms with Crippen molar-refractivity contribution in [3.8, 4) is 0 Å². The van der Waals surface area contributed by atoms with E-state index < -0.39 is 0 Å². The first-order chi connectivity index (χ1) is 8.90. The second-order valence-electron chi connectivity index (χ2n) is 5.88. The van der Waals surface area contributed by atoms with Gasteiger partial charge in [0.15, 0.2) is 5.78 Å². The van der Waals surface area contributed by atoms with E-state index in [1.807, 2.05) is 24.3 Å². The summed E-state index contributed by atoms with van der Waals surface area (Å²) in [6.45, 7) is 11.2. The molecule has 0 saturated carbocycles. The average Bonchev–Trinajstić information content (AvgIpc) is 2.27. The molecule has 0 unspecified atom stereocenters. The van der Waals surface area contributed by atoms with Crippen molar-refractivity contribution in [3.05, 3.63) is 34.3 Å². The average molecular weight is 326 g/mol. The molecular formula is C16H24BrNO. The van der Waals surface area contributed by atoms with Crippen molar-refractivity contribution in [2.24, 2.45) is 11.8 Å². The monoisotopic (exact) mass is 325 g/mol. The van der Waals surface area contributed by atoms with Gasteiger partial charge in [0.2, 0.25) is 0 Å². The van der Waals surface area contributed by atoms with E-state index in [9.17, 15) is 4.79 Å². The Bertz CT molecular complexity index is 405. The number of Topliss-reactive ketones (excluding diaryl/α,β-unsaturated/α-hetero) is 1. The molecule has 3 heteroatoms. The number of nitrogens with zero attached hydrogens (tertiary/aromatic N) is 1. The first-order valence-electron chi connectivity index (χ1n) is 6.90. The Labute approximate surface area is 125 Å². The molecule has 0 heterocycles. The zero-order valence-corrected chi connectivity index (χ0v) is 13.9. The fourth-order valence-corrected chi connectivity index (χ4v) is 2.72. The van der Waals surface area contributed by atoms with Gasteiger partial charge in [-0.2, -0.15) is 0 Å². The van der Waals surface area contributed by atoms with Crippen LogP contribution in [-0.4, -0.2) is 30.3 Å². The third kappa shape index (κ3) is 5.87. The number of halogens is 1. The molecule has 0 saturated heterocycles. The zero-order valence-electron chi connectivity index (χ0n) is 12.3. The highest BCUT2D eigenvalue weighted by Gasteiger charge is 2.16. The molecule has 0 atom stereocenters. The normalized spacial score (nSPS) is 11.6. The Balaban J connectivity index is 2.73. The van der Waals surface area contributed by atoms with Gasteiger partial charge in [0.1, 0.15) is 0 Å². The molecule has 0 aromatic heterocycles. The quantitative estimate of drug-likeness (QED) is 0.698. The van der Waals surface area contributed by atoms with Crippen molar-refractivity contribution in [2.45, 2.75) is 27.7 Å². The fourth-order valence-electron chi connectivity index (χ4n) is 2.21. The molecule has 106 valence electrons. The summed E-state index contributed by atoms with van der Waals surface area (Å²) in [6.07, 6.45) is 0. The van der Waals surface area contributed by atoms with Crippen LogP contribution in [0.15, 0.2) is 28.7 Å². The van der Waals surface area contributed by atoms with Crippen LogP contribution in [0, 0.1) is 11.8 Å². The lowest BCUT2D eigenvalue weighted by molar-refractivity contribution is 0.0911. The van der Waals surface area contributed by atoms with Gasteiger partial charge in [-0.05, 0) is 17.9 Å². The number of benzene rings is 1. The van der Waals surface area contributed by atoms with Crippen LogP contribution in [0.3, 0.4) is 0 Å². The van der Waals surface area contributed by atoms with Gasteiger partial charge in [-0.1, -0.05) is 61.8 Å². The van der Waals surface area contributed by atoms with Gasteiger partial charge in [0, 0.05) is 23.1 Å². The third-order valence-electron chi connectivity index (χ3n) is 2.79. The maximum Gasteiger partial charge on any atom is 0.177 e. The first-order valence-corrected chi connectivity index (χ1v) is 7.69. The maximum absolute atomic E-state index is 12.4. The lowest BCUT2D eigenvalue weighted by atomic mass is 10.1. The number of carbonyl (C=O) groups is 1. The van der Waals surface area contributed by atoms with Gasteiger partial charge in [-0.25, -0.2) is 0 Å². The number of rotatable bonds is 7. The van der Waals surface area contributed by atoms with Crippen LogP contribution in [0.25, 0.3) is 0 Å². The van der Waals surface area contributed by atoms with Gasteiger partial charge in [0.05, 0.1) is 6.54 Å². The smallest absolute Gasteiger partial charge is 0.177 e. The van der Waals surface area contributed by atoms with Crippen LogP contribution in [0.4, 0.5) is 0 Å². The van der Waals surface area contributed by atoms with E-state index in [2.05, 4.69) is 48.5 Å². The van der Waals surface area contributed by atoms with Crippen LogP contribution in [-0.2, 0) is 0 Å². The van der Waals surface area contributed by atoms with Crippen LogP contribution >= 0.6 is 15.9 Å². The van der Waals surface area contributed by atoms with E-state index in [0.29, 0.717) is 18.4 Å². The highest BCUT2D eigenvalue weighted by molar-refractivity contribution is 9.10. The van der Waals surface area contributed by atoms with Gasteiger partial charge in [-0.3, -0.25) is 9.69 Å². The summed E-state index contributed by atoms with van der Waals surface area (Å²) < 4.78 is 0.883. The van der Waals surface area contributed by atoms with Crippen molar-refractivity contribution in [1.82, 2.24) is 4.90 Å². The van der Waals surface area contributed by atoms with E-state index in [4.69, 9.17) is 0 Å². The Kier molecular flexibility index (Phi) is 6.73. The predicted molar refractivity (Wildman–Crippen MR) is 84.6 cm³/mol. The van der Waals surface area contributed by atoms with Crippen LogP contribution in [0.5, 0.6) is 0 Å². The van der Waals surface area contributed by atoms with Crippen molar-refractivity contribution in [3.63, 3.8) is 0 Å². The topological polar surface area (TPSA) is 20.3 Å². The minimum atomic E-state index is 0.189. The van der Waals surface area contributed by atoms with E-state index in [0.717, 1.165) is 23.1 Å². The molecule has 1 rings (SSSR count). The van der Waals surface area contributed by atoms with E-state index >= 15 is 0 Å². The first kappa shape index (κ1) is 16.4. The number of hydrogen-bond acceptors (Lipinski definition) is 2. The fraction of sp³-hybridized carbons (Fsp3) is 0.562. The van der Waals surface area contributed by atoms with Crippen LogP contribution in [0.1, 0.15) is 38.1 Å². The van der Waals surface area contributed by atoms with E-state index in [1.165, 1.54) is 0 Å². The summed E-state index contributed by atoms with van der Waals surface area (Å²) in [7, 11) is 0. The summed E-state index contributed by atoms with van der Waals surface area (Å²) in [4.78, 5) is 14.6. The Hall–Kier alpha value is -0.670. The zero-order chi connectivity index (χ0) is 14.4. The molecule has 0 amide bonds. The summed E-state index contributed by atoms with van der Waals surface area (Å²) >= 11 is 3.45. The Morgan fingerprint density at radius 2 is 1.63 bits per heavy atom. The van der Waals surface area contributed by atoms with Gasteiger partial charge in [-0.15, -0.1) is 0 Å². The number of carbonyl (C=O) groups excluding carboxylic acids is 1. The van der Waals surface area contributed by atoms with E-state index in [1.54, 1.807) is 0 Å². The van der Waals surface area contributed by atoms with Crippen molar-refractivity contribution >= 4 is 21.7 Å². The lowest BCUT2D eigenvalue weighted by Crippen LogP contribution is -2.36. The van der Waals surface area contributed by atoms with Crippen molar-refractivity contribution < 1.29 is 4.79 Å². The second-order valence-corrected chi connectivity index (χ2v) is 6.74. The minimum absolute atomic E-state index is 0.189. The summed E-state index contributed by atoms with van der Waals surface area (Å²) in [6, 6.07) is 7.64. The van der Waals surface area contributed by atoms with Crippen molar-refractivity contribution in [1.29, 1.82) is 0 Å². The predicted octanol–water partition coefficient (Wildman–Crippen LogP) is 4.25. The molecular weight excluding hydrogens is 302 g/mol. The van der Waals surface area contributed by atoms with Gasteiger partial charge in [0.25, 0.3) is 0 Å². The highest BCUT2D eigenvalue weighted by Crippen LogP contribution is 2.17. The SMILES string of the molecule is CC(C)CN(CC(=O)c1ccccc1Br)CC(C)C. The Morgan fingerprint density at radius 1 is 1.11 bits per heavy atom. The van der Waals surface area contributed by atoms with Crippen molar-refractivity contribution in [2.75, 3.05) is 19.6 Å². The lowest BCUT2D eigenvalue weighted by Gasteiger charge is -2.25. The van der Waals surface area contributed by atoms with Crippen LogP contribution in [0.2, 0.25) is 0 Å². The molecule has 0 fully saturated rings. The van der Waals surface area contributed by atoms with Gasteiger partial charge < -0.3 is 0 Å². The second kappa shape index (κ2) is 7.81. The summed E-state index contributed by atoms with van der Waals surface area (Å²) in [5.41, 5.74) is 0.778. The largest absolute Gasteiger partial charge is 0.295 e. The van der Waals surface area contributed by atoms with Gasteiger partial charge >= 0.3 is 0 Å². The minimum Gasteiger partial charge on any atom is -0.295 e. The Morgan fingerprint density at radius 3 is 2.11 bits per heavy atom.